The highest BCUT2D eigenvalue weighted by molar-refractivity contribution is 5.96. The number of carbonyl (C=O) groups is 2. The number of carbonyl (C=O) groups excluding carboxylic acids is 1. The van der Waals surface area contributed by atoms with E-state index in [-0.39, 0.29) is 22.7 Å². The molecule has 2 heterocycles. The minimum absolute atomic E-state index is 0.0693. The van der Waals surface area contributed by atoms with Crippen LogP contribution in [0.4, 0.5) is 0 Å². The summed E-state index contributed by atoms with van der Waals surface area (Å²) in [5, 5.41) is 15.8. The van der Waals surface area contributed by atoms with E-state index in [0.717, 1.165) is 24.7 Å². The van der Waals surface area contributed by atoms with Gasteiger partial charge in [-0.15, -0.1) is 0 Å². The Morgan fingerprint density at radius 3 is 2.54 bits per heavy atom. The van der Waals surface area contributed by atoms with E-state index < -0.39 is 11.5 Å². The first-order valence-electron chi connectivity index (χ1n) is 8.44. The molecule has 0 saturated heterocycles. The van der Waals surface area contributed by atoms with E-state index in [1.165, 1.54) is 4.57 Å². The lowest BCUT2D eigenvalue weighted by molar-refractivity contribution is 0.0690. The Kier molecular flexibility index (Phi) is 4.43. The molecule has 138 valence electrons. The SMILES string of the molecule is Cn1cc(C(=O)NC(C)(C)c2nocc2C(=O)O)c2c(c1=O)CCCC2. The number of hydrogen-bond donors (Lipinski definition) is 2. The maximum absolute atomic E-state index is 12.9. The summed E-state index contributed by atoms with van der Waals surface area (Å²) in [7, 11) is 1.62. The minimum Gasteiger partial charge on any atom is -0.478 e. The van der Waals surface area contributed by atoms with Crippen molar-refractivity contribution < 1.29 is 19.2 Å². The van der Waals surface area contributed by atoms with Gasteiger partial charge in [0.2, 0.25) is 0 Å². The van der Waals surface area contributed by atoms with Crippen LogP contribution in [0.2, 0.25) is 0 Å². The first kappa shape index (κ1) is 17.9. The third kappa shape index (κ3) is 3.02. The van der Waals surface area contributed by atoms with Crippen LogP contribution < -0.4 is 10.9 Å². The number of rotatable bonds is 4. The van der Waals surface area contributed by atoms with Crippen molar-refractivity contribution in [3.05, 3.63) is 50.8 Å². The second-order valence-electron chi connectivity index (χ2n) is 7.08. The summed E-state index contributed by atoms with van der Waals surface area (Å²) < 4.78 is 6.20. The molecule has 0 unspecified atom stereocenters. The minimum atomic E-state index is -1.18. The van der Waals surface area contributed by atoms with Crippen LogP contribution in [0.3, 0.4) is 0 Å². The van der Waals surface area contributed by atoms with Crippen LogP contribution in [0, 0.1) is 0 Å². The molecular formula is C18H21N3O5. The van der Waals surface area contributed by atoms with Gasteiger partial charge in [0.05, 0.1) is 11.1 Å². The second kappa shape index (κ2) is 6.44. The fraction of sp³-hybridized carbons (Fsp3) is 0.444. The van der Waals surface area contributed by atoms with E-state index >= 15 is 0 Å². The van der Waals surface area contributed by atoms with E-state index in [0.29, 0.717) is 24.0 Å². The van der Waals surface area contributed by atoms with E-state index in [2.05, 4.69) is 10.5 Å². The molecule has 0 saturated carbocycles. The quantitative estimate of drug-likeness (QED) is 0.857. The number of aryl methyl sites for hydroxylation is 1. The highest BCUT2D eigenvalue weighted by atomic mass is 16.5. The molecule has 0 atom stereocenters. The highest BCUT2D eigenvalue weighted by Gasteiger charge is 2.33. The predicted molar refractivity (Wildman–Crippen MR) is 92.3 cm³/mol. The number of amides is 1. The Bertz CT molecular complexity index is 939. The van der Waals surface area contributed by atoms with E-state index in [4.69, 9.17) is 4.52 Å². The van der Waals surface area contributed by atoms with E-state index in [1.54, 1.807) is 27.1 Å². The van der Waals surface area contributed by atoms with Crippen LogP contribution >= 0.6 is 0 Å². The smallest absolute Gasteiger partial charge is 0.341 e. The maximum atomic E-state index is 12.9. The van der Waals surface area contributed by atoms with Crippen LogP contribution in [0.15, 0.2) is 21.8 Å². The summed E-state index contributed by atoms with van der Waals surface area (Å²) in [4.78, 5) is 36.6. The van der Waals surface area contributed by atoms with Crippen molar-refractivity contribution in [1.29, 1.82) is 0 Å². The van der Waals surface area contributed by atoms with Crippen molar-refractivity contribution in [3.8, 4) is 0 Å². The predicted octanol–water partition coefficient (Wildman–Crippen LogP) is 1.62. The van der Waals surface area contributed by atoms with E-state index in [1.807, 2.05) is 0 Å². The zero-order chi connectivity index (χ0) is 19.1. The molecule has 8 nitrogen and oxygen atoms in total. The molecule has 1 aliphatic rings. The summed E-state index contributed by atoms with van der Waals surface area (Å²) >= 11 is 0. The molecule has 8 heteroatoms. The summed E-state index contributed by atoms with van der Waals surface area (Å²) in [5.41, 5.74) is 0.821. The van der Waals surface area contributed by atoms with Gasteiger partial charge in [-0.05, 0) is 45.1 Å². The molecular weight excluding hydrogens is 338 g/mol. The number of carboxylic acids is 1. The number of carboxylic acid groups (broad SMARTS) is 1. The lowest BCUT2D eigenvalue weighted by Gasteiger charge is -2.26. The van der Waals surface area contributed by atoms with Crippen molar-refractivity contribution in [1.82, 2.24) is 15.0 Å². The summed E-state index contributed by atoms with van der Waals surface area (Å²) in [6.07, 6.45) is 5.78. The second-order valence-corrected chi connectivity index (χ2v) is 7.08. The van der Waals surface area contributed by atoms with Crippen LogP contribution in [-0.4, -0.2) is 26.7 Å². The van der Waals surface area contributed by atoms with Crippen molar-refractivity contribution in [2.24, 2.45) is 7.05 Å². The average Bonchev–Trinajstić information content (AvgIpc) is 3.09. The highest BCUT2D eigenvalue weighted by Crippen LogP contribution is 2.26. The van der Waals surface area contributed by atoms with Gasteiger partial charge < -0.3 is 19.5 Å². The van der Waals surface area contributed by atoms with Gasteiger partial charge in [-0.2, -0.15) is 0 Å². The molecule has 26 heavy (non-hydrogen) atoms. The van der Waals surface area contributed by atoms with Gasteiger partial charge in [-0.1, -0.05) is 5.16 Å². The number of fused-ring (bicyclic) bond motifs is 1. The first-order chi connectivity index (χ1) is 12.2. The Balaban J connectivity index is 1.98. The molecule has 0 radical (unpaired) electrons. The van der Waals surface area contributed by atoms with Crippen LogP contribution in [-0.2, 0) is 25.4 Å². The van der Waals surface area contributed by atoms with Gasteiger partial charge in [0.15, 0.2) is 0 Å². The number of hydrogen-bond acceptors (Lipinski definition) is 5. The van der Waals surface area contributed by atoms with Gasteiger partial charge in [0, 0.05) is 18.8 Å². The molecule has 0 fully saturated rings. The van der Waals surface area contributed by atoms with Gasteiger partial charge in [0.1, 0.15) is 17.5 Å². The van der Waals surface area contributed by atoms with Crippen LogP contribution in [0.1, 0.15) is 64.2 Å². The molecule has 3 rings (SSSR count). The van der Waals surface area contributed by atoms with Gasteiger partial charge >= 0.3 is 5.97 Å². The lowest BCUT2D eigenvalue weighted by Crippen LogP contribution is -2.43. The van der Waals surface area contributed by atoms with Crippen LogP contribution in [0.25, 0.3) is 0 Å². The lowest BCUT2D eigenvalue weighted by atomic mass is 9.89. The third-order valence-corrected chi connectivity index (χ3v) is 4.76. The van der Waals surface area contributed by atoms with Gasteiger partial charge in [-0.3, -0.25) is 9.59 Å². The van der Waals surface area contributed by atoms with E-state index in [9.17, 15) is 19.5 Å². The maximum Gasteiger partial charge on any atom is 0.341 e. The molecule has 1 aliphatic carbocycles. The van der Waals surface area contributed by atoms with Gasteiger partial charge in [0.25, 0.3) is 11.5 Å². The average molecular weight is 359 g/mol. The fourth-order valence-corrected chi connectivity index (χ4v) is 3.43. The molecule has 2 aromatic rings. The number of nitrogens with one attached hydrogen (secondary N) is 1. The fourth-order valence-electron chi connectivity index (χ4n) is 3.43. The van der Waals surface area contributed by atoms with Crippen LogP contribution in [0.5, 0.6) is 0 Å². The first-order valence-corrected chi connectivity index (χ1v) is 8.44. The molecule has 1 amide bonds. The summed E-state index contributed by atoms with van der Waals surface area (Å²) in [6, 6.07) is 0. The standard InChI is InChI=1S/C18H21N3O5/c1-18(2,14-13(17(24)25)9-26-20-14)19-15(22)12-8-21(3)16(23)11-7-5-4-6-10(11)12/h8-9H,4-7H2,1-3H3,(H,19,22)(H,24,25). The molecule has 2 N–H and O–H groups in total. The molecule has 0 aliphatic heterocycles. The van der Waals surface area contributed by atoms with Crippen molar-refractivity contribution in [2.75, 3.05) is 0 Å². The Hall–Kier alpha value is -2.90. The molecule has 0 aromatic carbocycles. The van der Waals surface area contributed by atoms with Gasteiger partial charge in [-0.25, -0.2) is 4.79 Å². The molecule has 0 spiro atoms. The molecule has 0 bridgehead atoms. The Morgan fingerprint density at radius 1 is 1.23 bits per heavy atom. The number of aromatic carboxylic acids is 1. The summed E-state index contributed by atoms with van der Waals surface area (Å²) in [5.74, 6) is -1.55. The number of pyridine rings is 1. The largest absolute Gasteiger partial charge is 0.478 e. The Morgan fingerprint density at radius 2 is 1.88 bits per heavy atom. The number of nitrogens with zero attached hydrogens (tertiary/aromatic N) is 2. The number of aromatic nitrogens is 2. The van der Waals surface area contributed by atoms with Crippen molar-refractivity contribution in [3.63, 3.8) is 0 Å². The molecule has 2 aromatic heterocycles. The zero-order valence-electron chi connectivity index (χ0n) is 15.0. The zero-order valence-corrected chi connectivity index (χ0v) is 15.0. The third-order valence-electron chi connectivity index (χ3n) is 4.76. The van der Waals surface area contributed by atoms with Crippen molar-refractivity contribution in [2.45, 2.75) is 45.1 Å². The summed E-state index contributed by atoms with van der Waals surface area (Å²) in [6.45, 7) is 3.31. The monoisotopic (exact) mass is 359 g/mol. The topological polar surface area (TPSA) is 114 Å². The normalized spacial score (nSPS) is 14.0. The Labute approximate surface area is 149 Å². The van der Waals surface area contributed by atoms with Crippen molar-refractivity contribution >= 4 is 11.9 Å².